The van der Waals surface area contributed by atoms with Crippen molar-refractivity contribution >= 4 is 5.91 Å². The number of carbonyl (C=O) groups is 1. The Bertz CT molecular complexity index is 703. The Morgan fingerprint density at radius 3 is 2.46 bits per heavy atom. The molecule has 0 aliphatic heterocycles. The minimum absolute atomic E-state index is 0.254. The molecule has 0 bridgehead atoms. The van der Waals surface area contributed by atoms with Gasteiger partial charge >= 0.3 is 0 Å². The molecule has 1 atom stereocenters. The molecule has 2 aromatic carbocycles. The molecule has 2 rings (SSSR count). The highest BCUT2D eigenvalue weighted by Crippen LogP contribution is 2.30. The molecule has 0 saturated heterocycles. The van der Waals surface area contributed by atoms with E-state index in [0.29, 0.717) is 24.7 Å². The number of benzene rings is 2. The zero-order valence-electron chi connectivity index (χ0n) is 14.1. The first-order valence-corrected chi connectivity index (χ1v) is 8.01. The minimum Gasteiger partial charge on any atom is -0.490 e. The second-order valence-corrected chi connectivity index (χ2v) is 5.28. The number of amides is 1. The topological polar surface area (TPSA) is 47.6 Å². The van der Waals surface area contributed by atoms with Gasteiger partial charge in [-0.15, -0.1) is 0 Å². The lowest BCUT2D eigenvalue weighted by Gasteiger charge is -2.17. The molecule has 0 radical (unpaired) electrons. The Morgan fingerprint density at radius 2 is 1.79 bits per heavy atom. The molecule has 0 spiro atoms. The Balaban J connectivity index is 2.15. The van der Waals surface area contributed by atoms with Crippen molar-refractivity contribution in [1.82, 2.24) is 5.32 Å². The van der Waals surface area contributed by atoms with Gasteiger partial charge in [0.2, 0.25) is 0 Å². The van der Waals surface area contributed by atoms with Crippen molar-refractivity contribution in [1.29, 1.82) is 0 Å². The number of hydrogen-bond acceptors (Lipinski definition) is 3. The van der Waals surface area contributed by atoms with Crippen LogP contribution in [0.1, 0.15) is 42.7 Å². The van der Waals surface area contributed by atoms with Crippen LogP contribution >= 0.6 is 0 Å². The molecule has 0 fully saturated rings. The molecule has 5 heteroatoms. The average Bonchev–Trinajstić information content (AvgIpc) is 2.56. The molecule has 0 saturated carbocycles. The largest absolute Gasteiger partial charge is 0.490 e. The summed E-state index contributed by atoms with van der Waals surface area (Å²) in [5, 5.41) is 2.86. The number of halogens is 1. The summed E-state index contributed by atoms with van der Waals surface area (Å²) in [4.78, 5) is 12.2. The number of nitrogens with one attached hydrogen (secondary N) is 1. The van der Waals surface area contributed by atoms with Crippen molar-refractivity contribution in [3.63, 3.8) is 0 Å². The lowest BCUT2D eigenvalue weighted by molar-refractivity contribution is 0.0939. The predicted octanol–water partition coefficient (Wildman–Crippen LogP) is 4.11. The predicted molar refractivity (Wildman–Crippen MR) is 91.1 cm³/mol. The van der Waals surface area contributed by atoms with Crippen LogP contribution in [0.15, 0.2) is 42.5 Å². The fourth-order valence-electron chi connectivity index (χ4n) is 2.33. The van der Waals surface area contributed by atoms with Gasteiger partial charge < -0.3 is 14.8 Å². The van der Waals surface area contributed by atoms with E-state index in [1.54, 1.807) is 6.07 Å². The van der Waals surface area contributed by atoms with Gasteiger partial charge in [-0.2, -0.15) is 0 Å². The Hall–Kier alpha value is -2.56. The van der Waals surface area contributed by atoms with Gasteiger partial charge in [-0.25, -0.2) is 4.39 Å². The molecule has 0 aliphatic rings. The molecular weight excluding hydrogens is 309 g/mol. The quantitative estimate of drug-likeness (QED) is 0.830. The third kappa shape index (κ3) is 4.47. The average molecular weight is 331 g/mol. The van der Waals surface area contributed by atoms with Crippen LogP contribution < -0.4 is 14.8 Å². The normalized spacial score (nSPS) is 11.7. The first kappa shape index (κ1) is 17.8. The van der Waals surface area contributed by atoms with Gasteiger partial charge in [-0.05, 0) is 56.7 Å². The summed E-state index contributed by atoms with van der Waals surface area (Å²) in [5.74, 6) is 0.555. The number of rotatable bonds is 7. The maximum Gasteiger partial charge on any atom is 0.251 e. The maximum atomic E-state index is 13.2. The van der Waals surface area contributed by atoms with E-state index < -0.39 is 5.82 Å². The van der Waals surface area contributed by atoms with E-state index in [2.05, 4.69) is 5.32 Å². The highest BCUT2D eigenvalue weighted by atomic mass is 19.1. The van der Waals surface area contributed by atoms with Crippen LogP contribution in [-0.2, 0) is 0 Å². The van der Waals surface area contributed by atoms with Crippen LogP contribution in [0.25, 0.3) is 0 Å². The van der Waals surface area contributed by atoms with Crippen LogP contribution in [0.5, 0.6) is 11.5 Å². The first-order chi connectivity index (χ1) is 11.5. The molecule has 2 aromatic rings. The molecule has 1 amide bonds. The monoisotopic (exact) mass is 331 g/mol. The lowest BCUT2D eigenvalue weighted by Crippen LogP contribution is -2.26. The van der Waals surface area contributed by atoms with E-state index in [1.165, 1.54) is 18.2 Å². The third-order valence-corrected chi connectivity index (χ3v) is 3.50. The highest BCUT2D eigenvalue weighted by Gasteiger charge is 2.14. The molecular formula is C19H22FNO3. The van der Waals surface area contributed by atoms with Crippen LogP contribution in [-0.4, -0.2) is 19.1 Å². The van der Waals surface area contributed by atoms with Crippen molar-refractivity contribution < 1.29 is 18.7 Å². The molecule has 128 valence electrons. The second-order valence-electron chi connectivity index (χ2n) is 5.28. The fourth-order valence-corrected chi connectivity index (χ4v) is 2.33. The molecule has 4 nitrogen and oxygen atoms in total. The van der Waals surface area contributed by atoms with E-state index in [1.807, 2.05) is 39.0 Å². The summed E-state index contributed by atoms with van der Waals surface area (Å²) in [7, 11) is 0. The molecule has 0 unspecified atom stereocenters. The van der Waals surface area contributed by atoms with Gasteiger partial charge in [0, 0.05) is 5.56 Å². The number of carbonyl (C=O) groups excluding carboxylic acids is 1. The summed E-state index contributed by atoms with van der Waals surface area (Å²) in [6.45, 7) is 6.74. The van der Waals surface area contributed by atoms with Gasteiger partial charge in [0.1, 0.15) is 5.82 Å². The van der Waals surface area contributed by atoms with Crippen molar-refractivity contribution in [2.75, 3.05) is 13.2 Å². The number of hydrogen-bond donors (Lipinski definition) is 1. The summed E-state index contributed by atoms with van der Waals surface area (Å²) >= 11 is 0. The molecule has 24 heavy (non-hydrogen) atoms. The van der Waals surface area contributed by atoms with E-state index >= 15 is 0 Å². The first-order valence-electron chi connectivity index (χ1n) is 8.01. The SMILES string of the molecule is CCOc1ccc([C@@H](C)NC(=O)c2cccc(F)c2)cc1OCC. The smallest absolute Gasteiger partial charge is 0.251 e. The van der Waals surface area contributed by atoms with Gasteiger partial charge in [0.25, 0.3) is 5.91 Å². The Labute approximate surface area is 141 Å². The van der Waals surface area contributed by atoms with Gasteiger partial charge in [-0.1, -0.05) is 12.1 Å². The molecule has 0 heterocycles. The van der Waals surface area contributed by atoms with E-state index in [9.17, 15) is 9.18 Å². The van der Waals surface area contributed by atoms with Crippen molar-refractivity contribution in [2.45, 2.75) is 26.8 Å². The lowest BCUT2D eigenvalue weighted by atomic mass is 10.1. The zero-order chi connectivity index (χ0) is 17.5. The van der Waals surface area contributed by atoms with Gasteiger partial charge in [-0.3, -0.25) is 4.79 Å². The van der Waals surface area contributed by atoms with Crippen LogP contribution in [0.3, 0.4) is 0 Å². The van der Waals surface area contributed by atoms with Crippen LogP contribution in [0.2, 0.25) is 0 Å². The molecule has 0 aliphatic carbocycles. The van der Waals surface area contributed by atoms with E-state index in [4.69, 9.17) is 9.47 Å². The van der Waals surface area contributed by atoms with Crippen molar-refractivity contribution in [2.24, 2.45) is 0 Å². The summed E-state index contributed by atoms with van der Waals surface area (Å²) < 4.78 is 24.4. The van der Waals surface area contributed by atoms with E-state index in [-0.39, 0.29) is 17.5 Å². The third-order valence-electron chi connectivity index (χ3n) is 3.50. The number of ether oxygens (including phenoxy) is 2. The Kier molecular flexibility index (Phi) is 6.18. The van der Waals surface area contributed by atoms with Gasteiger partial charge in [0.05, 0.1) is 19.3 Å². The summed E-state index contributed by atoms with van der Waals surface area (Å²) in [6.07, 6.45) is 0. The summed E-state index contributed by atoms with van der Waals surface area (Å²) in [6, 6.07) is 10.9. The zero-order valence-corrected chi connectivity index (χ0v) is 14.1. The second kappa shape index (κ2) is 8.34. The molecule has 0 aromatic heterocycles. The van der Waals surface area contributed by atoms with Crippen LogP contribution in [0, 0.1) is 5.82 Å². The van der Waals surface area contributed by atoms with Crippen molar-refractivity contribution in [3.05, 3.63) is 59.4 Å². The fraction of sp³-hybridized carbons (Fsp3) is 0.316. The maximum absolute atomic E-state index is 13.2. The summed E-state index contributed by atoms with van der Waals surface area (Å²) in [5.41, 5.74) is 1.17. The van der Waals surface area contributed by atoms with Crippen molar-refractivity contribution in [3.8, 4) is 11.5 Å². The standard InChI is InChI=1S/C19H22FNO3/c1-4-23-17-10-9-14(12-18(17)24-5-2)13(3)21-19(22)15-7-6-8-16(20)11-15/h6-13H,4-5H2,1-3H3,(H,21,22)/t13-/m1/s1. The Morgan fingerprint density at radius 1 is 1.08 bits per heavy atom. The van der Waals surface area contributed by atoms with E-state index in [0.717, 1.165) is 5.56 Å². The highest BCUT2D eigenvalue weighted by molar-refractivity contribution is 5.94. The van der Waals surface area contributed by atoms with Crippen LogP contribution in [0.4, 0.5) is 4.39 Å². The van der Waals surface area contributed by atoms with Gasteiger partial charge in [0.15, 0.2) is 11.5 Å². The molecule has 1 N–H and O–H groups in total. The minimum atomic E-state index is -0.435.